The lowest BCUT2D eigenvalue weighted by molar-refractivity contribution is -0.128. The predicted octanol–water partition coefficient (Wildman–Crippen LogP) is -0.982. The SMILES string of the molecule is CC(C#N)N(C=O)NC=O. The minimum atomic E-state index is -0.636. The van der Waals surface area contributed by atoms with E-state index in [2.05, 4.69) is 0 Å². The Morgan fingerprint density at radius 2 is 2.30 bits per heavy atom. The van der Waals surface area contributed by atoms with Crippen LogP contribution in [0.15, 0.2) is 0 Å². The van der Waals surface area contributed by atoms with Crippen molar-refractivity contribution in [2.75, 3.05) is 0 Å². The first kappa shape index (κ1) is 8.43. The van der Waals surface area contributed by atoms with Crippen LogP contribution in [0.1, 0.15) is 6.92 Å². The van der Waals surface area contributed by atoms with E-state index in [1.54, 1.807) is 6.07 Å². The van der Waals surface area contributed by atoms with Crippen LogP contribution >= 0.6 is 0 Å². The molecule has 5 heteroatoms. The maximum atomic E-state index is 10.0. The molecule has 0 heterocycles. The number of nitrogens with one attached hydrogen (secondary N) is 1. The van der Waals surface area contributed by atoms with Gasteiger partial charge in [-0.25, -0.2) is 5.01 Å². The van der Waals surface area contributed by atoms with Crippen LogP contribution in [0.4, 0.5) is 0 Å². The van der Waals surface area contributed by atoms with Crippen molar-refractivity contribution >= 4 is 12.8 Å². The summed E-state index contributed by atoms with van der Waals surface area (Å²) < 4.78 is 0. The van der Waals surface area contributed by atoms with Crippen molar-refractivity contribution in [1.29, 1.82) is 5.26 Å². The van der Waals surface area contributed by atoms with Gasteiger partial charge in [0.25, 0.3) is 0 Å². The van der Waals surface area contributed by atoms with Crippen molar-refractivity contribution in [1.82, 2.24) is 10.4 Å². The number of carbonyl (C=O) groups excluding carboxylic acids is 2. The number of hydrazine groups is 1. The molecule has 0 spiro atoms. The molecule has 0 aromatic heterocycles. The lowest BCUT2D eigenvalue weighted by Crippen LogP contribution is -2.41. The molecule has 10 heavy (non-hydrogen) atoms. The Labute approximate surface area is 58.2 Å². The number of hydrogen-bond donors (Lipinski definition) is 1. The molecule has 1 N–H and O–H groups in total. The van der Waals surface area contributed by atoms with Crippen molar-refractivity contribution in [3.63, 3.8) is 0 Å². The van der Waals surface area contributed by atoms with Gasteiger partial charge in [0.2, 0.25) is 12.8 Å². The van der Waals surface area contributed by atoms with Gasteiger partial charge in [-0.15, -0.1) is 0 Å². The van der Waals surface area contributed by atoms with Crippen molar-refractivity contribution < 1.29 is 9.59 Å². The Kier molecular flexibility index (Phi) is 3.64. The van der Waals surface area contributed by atoms with Crippen LogP contribution < -0.4 is 5.43 Å². The summed E-state index contributed by atoms with van der Waals surface area (Å²) in [7, 11) is 0. The molecular weight excluding hydrogens is 134 g/mol. The van der Waals surface area contributed by atoms with Gasteiger partial charge in [0.1, 0.15) is 6.04 Å². The highest BCUT2D eigenvalue weighted by Crippen LogP contribution is 1.86. The molecule has 0 aliphatic carbocycles. The van der Waals surface area contributed by atoms with Crippen molar-refractivity contribution in [2.24, 2.45) is 0 Å². The molecule has 0 aromatic carbocycles. The molecule has 0 bridgehead atoms. The zero-order valence-corrected chi connectivity index (χ0v) is 5.44. The summed E-state index contributed by atoms with van der Waals surface area (Å²) in [5.41, 5.74) is 2.05. The molecule has 0 fully saturated rings. The van der Waals surface area contributed by atoms with Gasteiger partial charge in [-0.2, -0.15) is 5.26 Å². The monoisotopic (exact) mass is 141 g/mol. The number of nitrogens with zero attached hydrogens (tertiary/aromatic N) is 2. The number of carbonyl (C=O) groups is 2. The van der Waals surface area contributed by atoms with Gasteiger partial charge < -0.3 is 0 Å². The van der Waals surface area contributed by atoms with Crippen molar-refractivity contribution in [3.8, 4) is 6.07 Å². The minimum absolute atomic E-state index is 0.336. The van der Waals surface area contributed by atoms with E-state index in [0.717, 1.165) is 5.01 Å². The van der Waals surface area contributed by atoms with Gasteiger partial charge in [0.15, 0.2) is 0 Å². The molecule has 0 saturated carbocycles. The van der Waals surface area contributed by atoms with Crippen molar-refractivity contribution in [3.05, 3.63) is 0 Å². The van der Waals surface area contributed by atoms with Crippen LogP contribution in [0.3, 0.4) is 0 Å². The van der Waals surface area contributed by atoms with E-state index in [0.29, 0.717) is 12.8 Å². The highest BCUT2D eigenvalue weighted by atomic mass is 16.2. The fourth-order valence-corrected chi connectivity index (χ4v) is 0.357. The second kappa shape index (κ2) is 4.32. The maximum absolute atomic E-state index is 10.0. The molecule has 54 valence electrons. The van der Waals surface area contributed by atoms with Gasteiger partial charge >= 0.3 is 0 Å². The first-order valence-corrected chi connectivity index (χ1v) is 2.59. The molecule has 5 nitrogen and oxygen atoms in total. The van der Waals surface area contributed by atoms with E-state index in [9.17, 15) is 9.59 Å². The normalized spacial score (nSPS) is 10.8. The van der Waals surface area contributed by atoms with Crippen LogP contribution in [0.2, 0.25) is 0 Å². The quantitative estimate of drug-likeness (QED) is 0.404. The number of rotatable bonds is 4. The Hall–Kier alpha value is -1.57. The summed E-state index contributed by atoms with van der Waals surface area (Å²) in [6.45, 7) is 1.49. The van der Waals surface area contributed by atoms with Crippen molar-refractivity contribution in [2.45, 2.75) is 13.0 Å². The fraction of sp³-hybridized carbons (Fsp3) is 0.400. The second-order valence-corrected chi connectivity index (χ2v) is 1.56. The highest BCUT2D eigenvalue weighted by Gasteiger charge is 2.07. The molecule has 0 rings (SSSR count). The van der Waals surface area contributed by atoms with Gasteiger partial charge in [0.05, 0.1) is 6.07 Å². The third-order valence-corrected chi connectivity index (χ3v) is 0.919. The highest BCUT2D eigenvalue weighted by molar-refractivity contribution is 5.54. The van der Waals surface area contributed by atoms with E-state index in [1.807, 2.05) is 5.43 Å². The second-order valence-electron chi connectivity index (χ2n) is 1.56. The smallest absolute Gasteiger partial charge is 0.229 e. The summed E-state index contributed by atoms with van der Waals surface area (Å²) in [4.78, 5) is 19.8. The lowest BCUT2D eigenvalue weighted by atomic mass is 10.4. The van der Waals surface area contributed by atoms with E-state index in [-0.39, 0.29) is 0 Å². The first-order chi connectivity index (χ1) is 4.76. The van der Waals surface area contributed by atoms with Crippen LogP contribution in [-0.2, 0) is 9.59 Å². The van der Waals surface area contributed by atoms with Gasteiger partial charge in [-0.05, 0) is 6.92 Å². The van der Waals surface area contributed by atoms with Crippen LogP contribution in [0.5, 0.6) is 0 Å². The Morgan fingerprint density at radius 3 is 2.60 bits per heavy atom. The number of hydrogen-bond acceptors (Lipinski definition) is 3. The Bertz CT molecular complexity index is 163. The van der Waals surface area contributed by atoms with Crippen LogP contribution in [-0.4, -0.2) is 23.9 Å². The van der Waals surface area contributed by atoms with E-state index >= 15 is 0 Å². The lowest BCUT2D eigenvalue weighted by Gasteiger charge is -2.16. The third kappa shape index (κ3) is 2.13. The molecule has 2 amide bonds. The topological polar surface area (TPSA) is 73.2 Å². The van der Waals surface area contributed by atoms with E-state index in [1.165, 1.54) is 6.92 Å². The third-order valence-electron chi connectivity index (χ3n) is 0.919. The van der Waals surface area contributed by atoms with Gasteiger partial charge in [-0.1, -0.05) is 0 Å². The average molecular weight is 141 g/mol. The van der Waals surface area contributed by atoms with E-state index in [4.69, 9.17) is 5.26 Å². The molecule has 1 unspecified atom stereocenters. The molecule has 0 saturated heterocycles. The zero-order chi connectivity index (χ0) is 7.98. The van der Waals surface area contributed by atoms with Crippen LogP contribution in [0, 0.1) is 11.3 Å². The van der Waals surface area contributed by atoms with Gasteiger partial charge in [0, 0.05) is 0 Å². The number of amides is 2. The fourth-order valence-electron chi connectivity index (χ4n) is 0.357. The molecule has 0 aliphatic heterocycles. The first-order valence-electron chi connectivity index (χ1n) is 2.59. The summed E-state index contributed by atoms with van der Waals surface area (Å²) in [5, 5.41) is 9.12. The van der Waals surface area contributed by atoms with Crippen LogP contribution in [0.25, 0.3) is 0 Å². The predicted molar refractivity (Wildman–Crippen MR) is 32.2 cm³/mol. The Morgan fingerprint density at radius 1 is 1.70 bits per heavy atom. The molecule has 0 aliphatic rings. The average Bonchev–Trinajstić information content (AvgIpc) is 1.99. The van der Waals surface area contributed by atoms with Gasteiger partial charge in [-0.3, -0.25) is 15.0 Å². The standard InChI is InChI=1S/C5H7N3O2/c1-5(2-6)8(4-10)7-3-9/h3-5H,1H3,(H,7,9). The molecule has 0 aromatic rings. The summed E-state index contributed by atoms with van der Waals surface area (Å²) in [6.07, 6.45) is 0.713. The summed E-state index contributed by atoms with van der Waals surface area (Å²) >= 11 is 0. The molecule has 0 radical (unpaired) electrons. The largest absolute Gasteiger partial charge is 0.277 e. The van der Waals surface area contributed by atoms with E-state index < -0.39 is 6.04 Å². The summed E-state index contributed by atoms with van der Waals surface area (Å²) in [6, 6.07) is 1.14. The number of nitriles is 1. The molecule has 1 atom stereocenters. The maximum Gasteiger partial charge on any atom is 0.229 e. The Balaban J connectivity index is 3.94. The summed E-state index contributed by atoms with van der Waals surface area (Å²) in [5.74, 6) is 0. The minimum Gasteiger partial charge on any atom is -0.277 e. The molecular formula is C5H7N3O2. The zero-order valence-electron chi connectivity index (χ0n) is 5.44.